The Labute approximate surface area is 162 Å². The summed E-state index contributed by atoms with van der Waals surface area (Å²) in [6, 6.07) is 13.6. The van der Waals surface area contributed by atoms with E-state index in [0.717, 1.165) is 16.8 Å². The van der Waals surface area contributed by atoms with Crippen LogP contribution in [0.1, 0.15) is 5.56 Å². The van der Waals surface area contributed by atoms with Crippen molar-refractivity contribution in [2.75, 3.05) is 11.8 Å². The molecule has 0 spiro atoms. The molecule has 7 nitrogen and oxygen atoms in total. The van der Waals surface area contributed by atoms with Crippen LogP contribution in [0.5, 0.6) is 5.75 Å². The number of fused-ring (bicyclic) bond motifs is 1. The van der Waals surface area contributed by atoms with Gasteiger partial charge < -0.3 is 4.74 Å². The van der Waals surface area contributed by atoms with E-state index in [1.54, 1.807) is 44.5 Å². The molecule has 1 N–H and O–H groups in total. The second-order valence-electron chi connectivity index (χ2n) is 6.27. The van der Waals surface area contributed by atoms with Gasteiger partial charge in [-0.05, 0) is 48.9 Å². The zero-order valence-electron chi connectivity index (χ0n) is 15.3. The van der Waals surface area contributed by atoms with Crippen molar-refractivity contribution in [2.45, 2.75) is 11.8 Å². The molecule has 0 aliphatic heterocycles. The summed E-state index contributed by atoms with van der Waals surface area (Å²) in [5.41, 5.74) is 2.85. The fourth-order valence-corrected chi connectivity index (χ4v) is 4.05. The third kappa shape index (κ3) is 3.41. The van der Waals surface area contributed by atoms with Crippen LogP contribution < -0.4 is 9.46 Å². The molecule has 0 unspecified atom stereocenters. The van der Waals surface area contributed by atoms with E-state index in [9.17, 15) is 8.42 Å². The molecule has 4 aromatic rings. The van der Waals surface area contributed by atoms with Gasteiger partial charge >= 0.3 is 0 Å². The molecule has 2 aromatic heterocycles. The predicted molar refractivity (Wildman–Crippen MR) is 107 cm³/mol. The Bertz CT molecular complexity index is 1220. The summed E-state index contributed by atoms with van der Waals surface area (Å²) in [4.78, 5) is 8.84. The normalized spacial score (nSPS) is 11.5. The lowest BCUT2D eigenvalue weighted by Gasteiger charge is -2.11. The van der Waals surface area contributed by atoms with Crippen molar-refractivity contribution < 1.29 is 13.2 Å². The van der Waals surface area contributed by atoms with E-state index in [2.05, 4.69) is 14.7 Å². The lowest BCUT2D eigenvalue weighted by Crippen LogP contribution is -2.13. The van der Waals surface area contributed by atoms with Crippen molar-refractivity contribution in [2.24, 2.45) is 0 Å². The molecule has 0 aliphatic rings. The third-order valence-corrected chi connectivity index (χ3v) is 5.72. The number of nitrogens with zero attached hydrogens (tertiary/aromatic N) is 3. The van der Waals surface area contributed by atoms with E-state index in [1.165, 1.54) is 6.07 Å². The van der Waals surface area contributed by atoms with Crippen LogP contribution >= 0.6 is 0 Å². The largest absolute Gasteiger partial charge is 0.496 e. The lowest BCUT2D eigenvalue weighted by molar-refractivity contribution is 0.411. The van der Waals surface area contributed by atoms with Crippen LogP contribution in [0.3, 0.4) is 0 Å². The van der Waals surface area contributed by atoms with Crippen LogP contribution in [0.15, 0.2) is 72.0 Å². The number of nitrogens with one attached hydrogen (secondary N) is 1. The highest BCUT2D eigenvalue weighted by Crippen LogP contribution is 2.25. The van der Waals surface area contributed by atoms with Gasteiger partial charge in [0.1, 0.15) is 5.75 Å². The first kappa shape index (κ1) is 18.0. The first-order chi connectivity index (χ1) is 13.5. The minimum absolute atomic E-state index is 0.182. The monoisotopic (exact) mass is 394 g/mol. The number of ether oxygens (including phenoxy) is 1. The van der Waals surface area contributed by atoms with Gasteiger partial charge in [-0.1, -0.05) is 12.1 Å². The first-order valence-corrected chi connectivity index (χ1v) is 10.0. The summed E-state index contributed by atoms with van der Waals surface area (Å²) in [5, 5.41) is 0. The van der Waals surface area contributed by atoms with Gasteiger partial charge in [0.05, 0.1) is 17.7 Å². The van der Waals surface area contributed by atoms with Gasteiger partial charge in [-0.25, -0.2) is 18.4 Å². The number of imidazole rings is 1. The Hall–Kier alpha value is -3.39. The second kappa shape index (κ2) is 6.97. The van der Waals surface area contributed by atoms with Crippen LogP contribution in [-0.4, -0.2) is 29.9 Å². The van der Waals surface area contributed by atoms with Gasteiger partial charge in [0.15, 0.2) is 0 Å². The van der Waals surface area contributed by atoms with Gasteiger partial charge in [0.2, 0.25) is 5.78 Å². The molecular formula is C20H18N4O3S. The lowest BCUT2D eigenvalue weighted by atomic mass is 10.1. The quantitative estimate of drug-likeness (QED) is 0.560. The number of hydrogen-bond acceptors (Lipinski definition) is 5. The van der Waals surface area contributed by atoms with Crippen LogP contribution in [-0.2, 0) is 10.0 Å². The Morgan fingerprint density at radius 1 is 1.11 bits per heavy atom. The SMILES string of the molecule is COc1ccc(S(=O)(=O)Nc2ccc(-c3cn4cccnc4n3)cc2)cc1C. The van der Waals surface area contributed by atoms with Crippen LogP contribution in [0, 0.1) is 6.92 Å². The average molecular weight is 394 g/mol. The summed E-state index contributed by atoms with van der Waals surface area (Å²) in [6.45, 7) is 1.80. The van der Waals surface area contributed by atoms with Crippen molar-refractivity contribution >= 4 is 21.5 Å². The van der Waals surface area contributed by atoms with E-state index in [0.29, 0.717) is 17.2 Å². The number of benzene rings is 2. The van der Waals surface area contributed by atoms with Crippen LogP contribution in [0.4, 0.5) is 5.69 Å². The number of rotatable bonds is 5. The molecule has 0 fully saturated rings. The van der Waals surface area contributed by atoms with Gasteiger partial charge in [0, 0.05) is 29.8 Å². The molecule has 0 saturated carbocycles. The minimum Gasteiger partial charge on any atom is -0.496 e. The van der Waals surface area contributed by atoms with Crippen molar-refractivity contribution in [3.8, 4) is 17.0 Å². The van der Waals surface area contributed by atoms with Gasteiger partial charge in [-0.3, -0.25) is 9.12 Å². The fraction of sp³-hybridized carbons (Fsp3) is 0.100. The molecular weight excluding hydrogens is 376 g/mol. The number of hydrogen-bond donors (Lipinski definition) is 1. The van der Waals surface area contributed by atoms with E-state index in [1.807, 2.05) is 35.0 Å². The summed E-state index contributed by atoms with van der Waals surface area (Å²) < 4.78 is 34.9. The molecule has 2 heterocycles. The topological polar surface area (TPSA) is 85.6 Å². The highest BCUT2D eigenvalue weighted by atomic mass is 32.2. The molecule has 0 amide bonds. The summed E-state index contributed by atoms with van der Waals surface area (Å²) >= 11 is 0. The van der Waals surface area contributed by atoms with Crippen molar-refractivity contribution in [3.05, 3.63) is 72.7 Å². The maximum absolute atomic E-state index is 12.6. The molecule has 8 heteroatoms. The van der Waals surface area contributed by atoms with Crippen molar-refractivity contribution in [1.29, 1.82) is 0 Å². The van der Waals surface area contributed by atoms with E-state index >= 15 is 0 Å². The average Bonchev–Trinajstić information content (AvgIpc) is 3.12. The van der Waals surface area contributed by atoms with Gasteiger partial charge in [-0.2, -0.15) is 0 Å². The second-order valence-corrected chi connectivity index (χ2v) is 7.95. The smallest absolute Gasteiger partial charge is 0.261 e. The summed E-state index contributed by atoms with van der Waals surface area (Å²) in [7, 11) is -2.14. The molecule has 0 saturated heterocycles. The van der Waals surface area contributed by atoms with E-state index < -0.39 is 10.0 Å². The van der Waals surface area contributed by atoms with Crippen molar-refractivity contribution in [3.63, 3.8) is 0 Å². The Balaban J connectivity index is 1.57. The molecule has 0 atom stereocenters. The molecule has 0 bridgehead atoms. The fourth-order valence-electron chi connectivity index (χ4n) is 2.91. The van der Waals surface area contributed by atoms with Gasteiger partial charge in [-0.15, -0.1) is 0 Å². The van der Waals surface area contributed by atoms with Gasteiger partial charge in [0.25, 0.3) is 10.0 Å². The maximum Gasteiger partial charge on any atom is 0.261 e. The Kier molecular flexibility index (Phi) is 4.48. The van der Waals surface area contributed by atoms with Crippen LogP contribution in [0.2, 0.25) is 0 Å². The Morgan fingerprint density at radius 3 is 2.57 bits per heavy atom. The zero-order valence-corrected chi connectivity index (χ0v) is 16.1. The highest BCUT2D eigenvalue weighted by molar-refractivity contribution is 7.92. The number of aryl methyl sites for hydroxylation is 1. The molecule has 0 radical (unpaired) electrons. The number of aromatic nitrogens is 3. The molecule has 0 aliphatic carbocycles. The van der Waals surface area contributed by atoms with E-state index in [-0.39, 0.29) is 4.90 Å². The molecule has 2 aromatic carbocycles. The first-order valence-electron chi connectivity index (χ1n) is 8.54. The molecule has 28 heavy (non-hydrogen) atoms. The highest BCUT2D eigenvalue weighted by Gasteiger charge is 2.16. The summed E-state index contributed by atoms with van der Waals surface area (Å²) in [6.07, 6.45) is 5.44. The number of methoxy groups -OCH3 is 1. The van der Waals surface area contributed by atoms with Crippen LogP contribution in [0.25, 0.3) is 17.0 Å². The van der Waals surface area contributed by atoms with E-state index in [4.69, 9.17) is 4.74 Å². The predicted octanol–water partition coefficient (Wildman–Crippen LogP) is 3.51. The summed E-state index contributed by atoms with van der Waals surface area (Å²) in [5.74, 6) is 1.25. The minimum atomic E-state index is -3.69. The standard InChI is InChI=1S/C20H18N4O3S/c1-14-12-17(8-9-19(14)27-2)28(25,26)23-16-6-4-15(5-7-16)18-13-24-11-3-10-21-20(24)22-18/h3-13,23H,1-2H3. The number of anilines is 1. The molecule has 4 rings (SSSR count). The molecule has 142 valence electrons. The number of sulfonamides is 1. The Morgan fingerprint density at radius 2 is 1.89 bits per heavy atom. The third-order valence-electron chi connectivity index (χ3n) is 4.34. The zero-order chi connectivity index (χ0) is 19.7. The van der Waals surface area contributed by atoms with Crippen molar-refractivity contribution in [1.82, 2.24) is 14.4 Å². The maximum atomic E-state index is 12.6.